The highest BCUT2D eigenvalue weighted by Gasteiger charge is 2.29. The Hall–Kier alpha value is -3.10. The van der Waals surface area contributed by atoms with Gasteiger partial charge in [0.25, 0.3) is 5.56 Å². The van der Waals surface area contributed by atoms with Crippen LogP contribution in [0.4, 0.5) is 10.1 Å². The summed E-state index contributed by atoms with van der Waals surface area (Å²) in [6.45, 7) is 0. The van der Waals surface area contributed by atoms with E-state index in [9.17, 15) is 14.0 Å². The molecule has 162 valence electrons. The van der Waals surface area contributed by atoms with Crippen LogP contribution >= 0.6 is 23.4 Å². The van der Waals surface area contributed by atoms with E-state index in [1.807, 2.05) is 30.3 Å². The topological polar surface area (TPSA) is 79.8 Å². The highest BCUT2D eigenvalue weighted by molar-refractivity contribution is 7.99. The van der Waals surface area contributed by atoms with Crippen molar-refractivity contribution in [2.45, 2.75) is 24.0 Å². The smallest absolute Gasteiger partial charge is 0.278 e. The quantitative estimate of drug-likeness (QED) is 0.299. The Kier molecular flexibility index (Phi) is 5.48. The first kappa shape index (κ1) is 20.8. The monoisotopic (exact) mass is 468 g/mol. The van der Waals surface area contributed by atoms with Crippen molar-refractivity contribution in [3.05, 3.63) is 75.9 Å². The summed E-state index contributed by atoms with van der Waals surface area (Å²) < 4.78 is 14.9. The SMILES string of the molecule is O=C(CSc1nc2c(-c3ccccc3)c[nH]c2c(=O)n1C1CC1)Nc1ccc(F)cc1Cl. The lowest BCUT2D eigenvalue weighted by Crippen LogP contribution is -2.23. The molecule has 2 heterocycles. The number of aromatic nitrogens is 3. The van der Waals surface area contributed by atoms with Crippen LogP contribution in [0.25, 0.3) is 22.2 Å². The number of thioether (sulfide) groups is 1. The number of nitrogens with zero attached hydrogens (tertiary/aromatic N) is 2. The van der Waals surface area contributed by atoms with Crippen LogP contribution in [0.5, 0.6) is 0 Å². The number of H-pyrrole nitrogens is 1. The number of halogens is 2. The van der Waals surface area contributed by atoms with Crippen LogP contribution in [0, 0.1) is 5.82 Å². The maximum atomic E-state index is 13.2. The minimum atomic E-state index is -0.478. The third kappa shape index (κ3) is 4.03. The number of nitrogens with one attached hydrogen (secondary N) is 2. The summed E-state index contributed by atoms with van der Waals surface area (Å²) in [5.41, 5.74) is 3.03. The number of fused-ring (bicyclic) bond motifs is 1. The molecule has 5 rings (SSSR count). The van der Waals surface area contributed by atoms with Gasteiger partial charge in [0.2, 0.25) is 5.91 Å². The van der Waals surface area contributed by atoms with E-state index in [2.05, 4.69) is 10.3 Å². The van der Waals surface area contributed by atoms with Gasteiger partial charge in [0.05, 0.1) is 16.5 Å². The molecule has 2 N–H and O–H groups in total. The van der Waals surface area contributed by atoms with E-state index in [0.29, 0.717) is 21.9 Å². The first-order valence-corrected chi connectivity index (χ1v) is 11.4. The van der Waals surface area contributed by atoms with Gasteiger partial charge >= 0.3 is 0 Å². The third-order valence-corrected chi connectivity index (χ3v) is 6.50. The second-order valence-corrected chi connectivity index (χ2v) is 8.90. The van der Waals surface area contributed by atoms with Crippen LogP contribution in [0.1, 0.15) is 18.9 Å². The number of hydrogen-bond donors (Lipinski definition) is 2. The fourth-order valence-electron chi connectivity index (χ4n) is 3.55. The number of benzene rings is 2. The highest BCUT2D eigenvalue weighted by Crippen LogP contribution is 2.37. The molecule has 4 aromatic rings. The van der Waals surface area contributed by atoms with Crippen molar-refractivity contribution in [1.29, 1.82) is 0 Å². The minimum absolute atomic E-state index is 0.0312. The van der Waals surface area contributed by atoms with Gasteiger partial charge < -0.3 is 10.3 Å². The van der Waals surface area contributed by atoms with Crippen LogP contribution in [-0.4, -0.2) is 26.2 Å². The van der Waals surface area contributed by atoms with Gasteiger partial charge in [-0.3, -0.25) is 14.2 Å². The molecule has 0 saturated heterocycles. The number of aromatic amines is 1. The summed E-state index contributed by atoms with van der Waals surface area (Å²) in [5, 5.41) is 3.30. The molecule has 0 atom stereocenters. The van der Waals surface area contributed by atoms with Crippen molar-refractivity contribution in [1.82, 2.24) is 14.5 Å². The van der Waals surface area contributed by atoms with Crippen molar-refractivity contribution in [2.75, 3.05) is 11.1 Å². The van der Waals surface area contributed by atoms with Gasteiger partial charge in [-0.2, -0.15) is 0 Å². The van der Waals surface area contributed by atoms with Gasteiger partial charge in [-0.25, -0.2) is 9.37 Å². The molecule has 1 fully saturated rings. The van der Waals surface area contributed by atoms with Crippen LogP contribution in [0.3, 0.4) is 0 Å². The lowest BCUT2D eigenvalue weighted by atomic mass is 10.1. The predicted octanol–water partition coefficient (Wildman–Crippen LogP) is 5.25. The average molecular weight is 469 g/mol. The number of carbonyl (C=O) groups is 1. The zero-order valence-corrected chi connectivity index (χ0v) is 18.3. The second kappa shape index (κ2) is 8.44. The van der Waals surface area contributed by atoms with Crippen LogP contribution in [0.2, 0.25) is 5.02 Å². The van der Waals surface area contributed by atoms with Gasteiger partial charge in [-0.1, -0.05) is 53.7 Å². The Morgan fingerprint density at radius 2 is 2.03 bits per heavy atom. The highest BCUT2D eigenvalue weighted by atomic mass is 35.5. The zero-order chi connectivity index (χ0) is 22.2. The van der Waals surface area contributed by atoms with E-state index in [4.69, 9.17) is 16.6 Å². The fourth-order valence-corrected chi connectivity index (χ4v) is 4.63. The first-order chi connectivity index (χ1) is 15.5. The number of hydrogen-bond acceptors (Lipinski definition) is 4. The summed E-state index contributed by atoms with van der Waals surface area (Å²) in [5.74, 6) is -0.768. The van der Waals surface area contributed by atoms with Crippen LogP contribution < -0.4 is 10.9 Å². The molecule has 1 amide bonds. The van der Waals surface area contributed by atoms with E-state index in [-0.39, 0.29) is 28.3 Å². The van der Waals surface area contributed by atoms with Crippen molar-refractivity contribution in [3.63, 3.8) is 0 Å². The summed E-state index contributed by atoms with van der Waals surface area (Å²) in [7, 11) is 0. The van der Waals surface area contributed by atoms with E-state index in [1.54, 1.807) is 10.8 Å². The summed E-state index contributed by atoms with van der Waals surface area (Å²) in [6, 6.07) is 13.6. The summed E-state index contributed by atoms with van der Waals surface area (Å²) in [6.07, 6.45) is 3.61. The van der Waals surface area contributed by atoms with Gasteiger partial charge in [-0.05, 0) is 36.6 Å². The largest absolute Gasteiger partial charge is 0.355 e. The fraction of sp³-hybridized carbons (Fsp3) is 0.174. The Morgan fingerprint density at radius 3 is 2.75 bits per heavy atom. The lowest BCUT2D eigenvalue weighted by Gasteiger charge is -2.12. The molecule has 1 saturated carbocycles. The molecule has 0 spiro atoms. The standard InChI is InChI=1S/C23H18ClFN4O2S/c24-17-10-14(25)6-9-18(17)27-19(30)12-32-23-28-20-16(13-4-2-1-3-5-13)11-26-21(20)22(31)29(23)15-7-8-15/h1-6,9-11,15,26H,7-8,12H2,(H,27,30). The minimum Gasteiger partial charge on any atom is -0.355 e. The van der Waals surface area contributed by atoms with E-state index in [1.165, 1.54) is 23.9 Å². The third-order valence-electron chi connectivity index (χ3n) is 5.23. The maximum Gasteiger partial charge on any atom is 0.278 e. The van der Waals surface area contributed by atoms with Gasteiger partial charge in [0.15, 0.2) is 5.16 Å². The number of anilines is 1. The van der Waals surface area contributed by atoms with E-state index < -0.39 is 5.82 Å². The van der Waals surface area contributed by atoms with Crippen LogP contribution in [0.15, 0.2) is 64.7 Å². The number of rotatable bonds is 6. The van der Waals surface area contributed by atoms with E-state index >= 15 is 0 Å². The average Bonchev–Trinajstić information content (AvgIpc) is 3.53. The van der Waals surface area contributed by atoms with Crippen molar-refractivity contribution < 1.29 is 9.18 Å². The Balaban J connectivity index is 1.45. The van der Waals surface area contributed by atoms with Gasteiger partial charge in [-0.15, -0.1) is 0 Å². The molecular weight excluding hydrogens is 451 g/mol. The molecule has 6 nitrogen and oxygen atoms in total. The first-order valence-electron chi connectivity index (χ1n) is 10.1. The molecule has 9 heteroatoms. The van der Waals surface area contributed by atoms with Gasteiger partial charge in [0.1, 0.15) is 16.9 Å². The second-order valence-electron chi connectivity index (χ2n) is 7.55. The molecule has 0 radical (unpaired) electrons. The Morgan fingerprint density at radius 1 is 1.25 bits per heavy atom. The van der Waals surface area contributed by atoms with Crippen molar-refractivity contribution in [3.8, 4) is 11.1 Å². The Labute approximate surface area is 191 Å². The normalized spacial score (nSPS) is 13.4. The molecule has 0 aliphatic heterocycles. The van der Waals surface area contributed by atoms with Gasteiger partial charge in [0, 0.05) is 17.8 Å². The number of amides is 1. The van der Waals surface area contributed by atoms with E-state index in [0.717, 1.165) is 30.0 Å². The molecule has 32 heavy (non-hydrogen) atoms. The molecule has 1 aliphatic carbocycles. The number of carbonyl (C=O) groups excluding carboxylic acids is 1. The summed E-state index contributed by atoms with van der Waals surface area (Å²) >= 11 is 7.19. The molecular formula is C23H18ClFN4O2S. The molecule has 1 aliphatic rings. The van der Waals surface area contributed by atoms with Crippen LogP contribution in [-0.2, 0) is 4.79 Å². The lowest BCUT2D eigenvalue weighted by molar-refractivity contribution is -0.113. The van der Waals surface area contributed by atoms with Crippen molar-refractivity contribution in [2.24, 2.45) is 0 Å². The van der Waals surface area contributed by atoms with Crippen molar-refractivity contribution >= 4 is 46.0 Å². The molecule has 0 unspecified atom stereocenters. The summed E-state index contributed by atoms with van der Waals surface area (Å²) in [4.78, 5) is 33.6. The predicted molar refractivity (Wildman–Crippen MR) is 125 cm³/mol. The zero-order valence-electron chi connectivity index (χ0n) is 16.8. The molecule has 2 aromatic carbocycles. The Bertz CT molecular complexity index is 1380. The maximum absolute atomic E-state index is 13.2. The molecule has 2 aromatic heterocycles. The molecule has 0 bridgehead atoms.